The predicted octanol–water partition coefficient (Wildman–Crippen LogP) is 6.23. The van der Waals surface area contributed by atoms with Crippen LogP contribution < -0.4 is 0 Å². The molecule has 100 valence electrons. The first-order valence-electron chi connectivity index (χ1n) is 5.76. The molecule has 0 saturated carbocycles. The van der Waals surface area contributed by atoms with E-state index in [2.05, 4.69) is 15.9 Å². The van der Waals surface area contributed by atoms with Gasteiger partial charge >= 0.3 is 0 Å². The minimum absolute atomic E-state index is 0.158. The Balaban J connectivity index is 2.60. The molecular weight excluding hydrogens is 350 g/mol. The zero-order chi connectivity index (χ0) is 14.2. The van der Waals surface area contributed by atoms with E-state index in [9.17, 15) is 4.39 Å². The monoisotopic (exact) mass is 360 g/mol. The first kappa shape index (κ1) is 14.8. The number of hydrogen-bond acceptors (Lipinski definition) is 0. The zero-order valence-corrected chi connectivity index (χ0v) is 13.6. The maximum atomic E-state index is 13.4. The van der Waals surface area contributed by atoms with Crippen molar-refractivity contribution in [1.82, 2.24) is 0 Å². The average molecular weight is 362 g/mol. The molecule has 4 heteroatoms. The second-order valence-electron chi connectivity index (χ2n) is 4.45. The van der Waals surface area contributed by atoms with Crippen molar-refractivity contribution in [2.24, 2.45) is 0 Å². The Morgan fingerprint density at radius 2 is 1.47 bits per heavy atom. The van der Waals surface area contributed by atoms with Gasteiger partial charge in [0.15, 0.2) is 0 Å². The van der Waals surface area contributed by atoms with E-state index in [0.717, 1.165) is 22.3 Å². The first-order valence-corrected chi connectivity index (χ1v) is 7.43. The van der Waals surface area contributed by atoms with Crippen LogP contribution >= 0.6 is 39.1 Å². The summed E-state index contributed by atoms with van der Waals surface area (Å²) in [5.74, 6) is -0.233. The molecule has 0 saturated heterocycles. The Hall–Kier alpha value is -0.570. The molecule has 2 aromatic rings. The largest absolute Gasteiger partial charge is 0.207 e. The van der Waals surface area contributed by atoms with Crippen molar-refractivity contribution in [3.63, 3.8) is 0 Å². The summed E-state index contributed by atoms with van der Waals surface area (Å²) < 4.78 is 13.4. The standard InChI is InChI=1S/C15H12BrCl2F/c1-8-6-10(19)7-9(2)13(8)15(16)14-11(17)4-3-5-12(14)18/h3-7,15H,1-2H3. The van der Waals surface area contributed by atoms with E-state index in [0.29, 0.717) is 10.0 Å². The first-order chi connectivity index (χ1) is 8.91. The van der Waals surface area contributed by atoms with Crippen molar-refractivity contribution in [3.05, 3.63) is 68.4 Å². The number of benzene rings is 2. The van der Waals surface area contributed by atoms with Gasteiger partial charge in [0.1, 0.15) is 5.82 Å². The Bertz CT molecular complexity index is 582. The summed E-state index contributed by atoms with van der Waals surface area (Å²) in [6.45, 7) is 3.76. The lowest BCUT2D eigenvalue weighted by Gasteiger charge is -2.19. The molecule has 1 unspecified atom stereocenters. The Morgan fingerprint density at radius 3 is 1.95 bits per heavy atom. The lowest BCUT2D eigenvalue weighted by Crippen LogP contribution is -2.01. The Morgan fingerprint density at radius 1 is 1.00 bits per heavy atom. The molecule has 0 fully saturated rings. The predicted molar refractivity (Wildman–Crippen MR) is 83.1 cm³/mol. The third kappa shape index (κ3) is 2.96. The molecule has 0 aliphatic rings. The van der Waals surface area contributed by atoms with E-state index in [-0.39, 0.29) is 10.6 Å². The fourth-order valence-corrected chi connectivity index (χ4v) is 4.31. The van der Waals surface area contributed by atoms with E-state index in [4.69, 9.17) is 23.2 Å². The number of aryl methyl sites for hydroxylation is 2. The molecule has 0 radical (unpaired) electrons. The quantitative estimate of drug-likeness (QED) is 0.556. The molecule has 19 heavy (non-hydrogen) atoms. The van der Waals surface area contributed by atoms with Crippen molar-refractivity contribution in [1.29, 1.82) is 0 Å². The van der Waals surface area contributed by atoms with Crippen molar-refractivity contribution >= 4 is 39.1 Å². The van der Waals surface area contributed by atoms with E-state index in [1.807, 2.05) is 13.8 Å². The van der Waals surface area contributed by atoms with Crippen LogP contribution in [0, 0.1) is 19.7 Å². The molecular formula is C15H12BrCl2F. The SMILES string of the molecule is Cc1cc(F)cc(C)c1C(Br)c1c(Cl)cccc1Cl. The third-order valence-electron chi connectivity index (χ3n) is 3.07. The van der Waals surface area contributed by atoms with Gasteiger partial charge in [-0.2, -0.15) is 0 Å². The van der Waals surface area contributed by atoms with Gasteiger partial charge in [-0.15, -0.1) is 0 Å². The van der Waals surface area contributed by atoms with E-state index < -0.39 is 0 Å². The van der Waals surface area contributed by atoms with Crippen LogP contribution in [0.3, 0.4) is 0 Å². The van der Waals surface area contributed by atoms with Crippen LogP contribution in [0.1, 0.15) is 27.1 Å². The summed E-state index contributed by atoms with van der Waals surface area (Å²) in [6.07, 6.45) is 0. The van der Waals surface area contributed by atoms with Gasteiger partial charge in [0.2, 0.25) is 0 Å². The van der Waals surface area contributed by atoms with Crippen LogP contribution in [0.2, 0.25) is 10.0 Å². The highest BCUT2D eigenvalue weighted by molar-refractivity contribution is 9.09. The van der Waals surface area contributed by atoms with Crippen LogP contribution in [0.25, 0.3) is 0 Å². The highest BCUT2D eigenvalue weighted by Gasteiger charge is 2.21. The number of hydrogen-bond donors (Lipinski definition) is 0. The van der Waals surface area contributed by atoms with Crippen LogP contribution in [0.5, 0.6) is 0 Å². The second-order valence-corrected chi connectivity index (χ2v) is 6.18. The van der Waals surface area contributed by atoms with E-state index in [1.165, 1.54) is 12.1 Å². The van der Waals surface area contributed by atoms with Gasteiger partial charge in [-0.25, -0.2) is 4.39 Å². The Labute approximate surface area is 130 Å². The van der Waals surface area contributed by atoms with Crippen molar-refractivity contribution in [3.8, 4) is 0 Å². The van der Waals surface area contributed by atoms with Crippen LogP contribution in [-0.2, 0) is 0 Å². The summed E-state index contributed by atoms with van der Waals surface area (Å²) in [4.78, 5) is -0.158. The highest BCUT2D eigenvalue weighted by atomic mass is 79.9. The molecule has 0 nitrogen and oxygen atoms in total. The summed E-state index contributed by atoms with van der Waals surface area (Å²) in [5, 5.41) is 1.19. The number of halogens is 4. The average Bonchev–Trinajstić information content (AvgIpc) is 2.26. The van der Waals surface area contributed by atoms with Crippen LogP contribution in [0.15, 0.2) is 30.3 Å². The second kappa shape index (κ2) is 5.82. The van der Waals surface area contributed by atoms with Crippen molar-refractivity contribution in [2.75, 3.05) is 0 Å². The molecule has 0 aliphatic heterocycles. The maximum absolute atomic E-state index is 13.4. The minimum atomic E-state index is -0.233. The molecule has 0 aliphatic carbocycles. The maximum Gasteiger partial charge on any atom is 0.123 e. The molecule has 0 amide bonds. The van der Waals surface area contributed by atoms with Crippen molar-refractivity contribution < 1.29 is 4.39 Å². The summed E-state index contributed by atoms with van der Waals surface area (Å²) in [6, 6.07) is 8.43. The van der Waals surface area contributed by atoms with Crippen LogP contribution in [-0.4, -0.2) is 0 Å². The highest BCUT2D eigenvalue weighted by Crippen LogP contribution is 2.41. The summed E-state index contributed by atoms with van der Waals surface area (Å²) in [5.41, 5.74) is 3.55. The molecule has 2 rings (SSSR count). The fourth-order valence-electron chi connectivity index (χ4n) is 2.22. The topological polar surface area (TPSA) is 0 Å². The third-order valence-corrected chi connectivity index (χ3v) is 4.64. The van der Waals surface area contributed by atoms with Gasteiger partial charge in [0, 0.05) is 15.6 Å². The lowest BCUT2D eigenvalue weighted by atomic mass is 9.95. The molecule has 2 aromatic carbocycles. The molecule has 0 aromatic heterocycles. The number of rotatable bonds is 2. The summed E-state index contributed by atoms with van der Waals surface area (Å²) in [7, 11) is 0. The molecule has 0 N–H and O–H groups in total. The van der Waals surface area contributed by atoms with Crippen LogP contribution in [0.4, 0.5) is 4.39 Å². The fraction of sp³-hybridized carbons (Fsp3) is 0.200. The molecule has 0 heterocycles. The van der Waals surface area contributed by atoms with Gasteiger partial charge in [-0.3, -0.25) is 0 Å². The smallest absolute Gasteiger partial charge is 0.123 e. The van der Waals surface area contributed by atoms with Gasteiger partial charge < -0.3 is 0 Å². The van der Waals surface area contributed by atoms with E-state index in [1.54, 1.807) is 18.2 Å². The lowest BCUT2D eigenvalue weighted by molar-refractivity contribution is 0.624. The summed E-state index contributed by atoms with van der Waals surface area (Å²) >= 11 is 16.1. The molecule has 1 atom stereocenters. The minimum Gasteiger partial charge on any atom is -0.207 e. The molecule has 0 spiro atoms. The van der Waals surface area contributed by atoms with Gasteiger partial charge in [0.05, 0.1) is 4.83 Å². The number of alkyl halides is 1. The van der Waals surface area contributed by atoms with Gasteiger partial charge in [-0.1, -0.05) is 45.2 Å². The van der Waals surface area contributed by atoms with Gasteiger partial charge in [0.25, 0.3) is 0 Å². The van der Waals surface area contributed by atoms with E-state index >= 15 is 0 Å². The van der Waals surface area contributed by atoms with Crippen molar-refractivity contribution in [2.45, 2.75) is 18.7 Å². The molecule has 0 bridgehead atoms. The zero-order valence-electron chi connectivity index (χ0n) is 10.5. The van der Waals surface area contributed by atoms with Gasteiger partial charge in [-0.05, 0) is 54.8 Å². The Kier molecular flexibility index (Phi) is 4.54. The normalized spacial score (nSPS) is 12.5.